The molecule has 5 heteroatoms. The molecule has 0 spiro atoms. The van der Waals surface area contributed by atoms with Crippen molar-refractivity contribution >= 4 is 17.6 Å². The first-order chi connectivity index (χ1) is 11.3. The number of hydrogen-bond donors (Lipinski definition) is 0. The second-order valence-electron chi connectivity index (χ2n) is 4.90. The van der Waals surface area contributed by atoms with Crippen molar-refractivity contribution in [3.63, 3.8) is 0 Å². The third-order valence-corrected chi connectivity index (χ3v) is 4.38. The Morgan fingerprint density at radius 1 is 1.09 bits per heavy atom. The molecular formula is C18H18N2O2S. The molecule has 3 rings (SSSR count). The lowest BCUT2D eigenvalue weighted by Gasteiger charge is -2.07. The molecule has 0 fully saturated rings. The van der Waals surface area contributed by atoms with Crippen molar-refractivity contribution < 1.29 is 9.47 Å². The highest BCUT2D eigenvalue weighted by Crippen LogP contribution is 2.27. The predicted octanol–water partition coefficient (Wildman–Crippen LogP) is 4.18. The largest absolute Gasteiger partial charge is 0.493 e. The van der Waals surface area contributed by atoms with Crippen LogP contribution in [-0.4, -0.2) is 25.0 Å². The van der Waals surface area contributed by atoms with Crippen LogP contribution in [0.15, 0.2) is 59.2 Å². The number of hydrogen-bond acceptors (Lipinski definition) is 4. The SMILES string of the molecule is COc1ccc(C=NCc2sccc2-n2cccc2)cc1OC. The molecule has 4 nitrogen and oxygen atoms in total. The fourth-order valence-corrected chi connectivity index (χ4v) is 3.15. The van der Waals surface area contributed by atoms with Crippen LogP contribution in [0, 0.1) is 0 Å². The minimum atomic E-state index is 0.652. The molecule has 0 N–H and O–H groups in total. The van der Waals surface area contributed by atoms with Gasteiger partial charge >= 0.3 is 0 Å². The average Bonchev–Trinajstić information content (AvgIpc) is 3.25. The van der Waals surface area contributed by atoms with E-state index in [1.54, 1.807) is 25.6 Å². The van der Waals surface area contributed by atoms with Crippen LogP contribution in [0.5, 0.6) is 11.5 Å². The van der Waals surface area contributed by atoms with E-state index in [2.05, 4.69) is 21.0 Å². The van der Waals surface area contributed by atoms with Gasteiger partial charge in [-0.25, -0.2) is 0 Å². The van der Waals surface area contributed by atoms with Crippen LogP contribution in [0.1, 0.15) is 10.4 Å². The van der Waals surface area contributed by atoms with E-state index in [1.807, 2.05) is 48.9 Å². The highest BCUT2D eigenvalue weighted by atomic mass is 32.1. The summed E-state index contributed by atoms with van der Waals surface area (Å²) >= 11 is 1.72. The maximum Gasteiger partial charge on any atom is 0.161 e. The zero-order valence-corrected chi connectivity index (χ0v) is 13.9. The Morgan fingerprint density at radius 2 is 1.87 bits per heavy atom. The van der Waals surface area contributed by atoms with Crippen molar-refractivity contribution in [2.24, 2.45) is 4.99 Å². The first-order valence-electron chi connectivity index (χ1n) is 7.23. The van der Waals surface area contributed by atoms with E-state index >= 15 is 0 Å². The number of nitrogens with zero attached hydrogens (tertiary/aromatic N) is 2. The van der Waals surface area contributed by atoms with Gasteiger partial charge in [0.25, 0.3) is 0 Å². The fourth-order valence-electron chi connectivity index (χ4n) is 2.34. The molecule has 0 saturated heterocycles. The normalized spacial score (nSPS) is 11.0. The van der Waals surface area contributed by atoms with Crippen LogP contribution >= 0.6 is 11.3 Å². The molecule has 23 heavy (non-hydrogen) atoms. The number of benzene rings is 1. The molecule has 2 aromatic heterocycles. The Hall–Kier alpha value is -2.53. The molecule has 0 unspecified atom stereocenters. The highest BCUT2D eigenvalue weighted by Gasteiger charge is 2.05. The summed E-state index contributed by atoms with van der Waals surface area (Å²) in [4.78, 5) is 5.80. The monoisotopic (exact) mass is 326 g/mol. The summed E-state index contributed by atoms with van der Waals surface area (Å²) in [7, 11) is 3.26. The number of rotatable bonds is 6. The lowest BCUT2D eigenvalue weighted by atomic mass is 10.2. The number of ether oxygens (including phenoxy) is 2. The molecule has 0 radical (unpaired) electrons. The summed E-state index contributed by atoms with van der Waals surface area (Å²) in [6.07, 6.45) is 5.95. The molecule has 1 aromatic carbocycles. The molecule has 118 valence electrons. The quantitative estimate of drug-likeness (QED) is 0.637. The average molecular weight is 326 g/mol. The van der Waals surface area contributed by atoms with E-state index in [0.29, 0.717) is 12.3 Å². The second-order valence-corrected chi connectivity index (χ2v) is 5.90. The molecular weight excluding hydrogens is 308 g/mol. The molecule has 0 bridgehead atoms. The maximum absolute atomic E-state index is 5.31. The van der Waals surface area contributed by atoms with Crippen LogP contribution in [0.25, 0.3) is 5.69 Å². The summed E-state index contributed by atoms with van der Waals surface area (Å²) in [6, 6.07) is 11.9. The van der Waals surface area contributed by atoms with Gasteiger partial charge in [0.2, 0.25) is 0 Å². The molecule has 2 heterocycles. The minimum absolute atomic E-state index is 0.652. The fraction of sp³-hybridized carbons (Fsp3) is 0.167. The van der Waals surface area contributed by atoms with E-state index < -0.39 is 0 Å². The van der Waals surface area contributed by atoms with Gasteiger partial charge in [-0.2, -0.15) is 0 Å². The molecule has 0 amide bonds. The summed E-state index contributed by atoms with van der Waals surface area (Å²) in [5.41, 5.74) is 2.17. The Kier molecular flexibility index (Phi) is 4.78. The molecule has 3 aromatic rings. The van der Waals surface area contributed by atoms with Crippen molar-refractivity contribution in [1.82, 2.24) is 4.57 Å². The molecule has 0 atom stereocenters. The molecule has 0 aliphatic rings. The molecule has 0 saturated carbocycles. The Balaban J connectivity index is 1.74. The van der Waals surface area contributed by atoms with Gasteiger partial charge in [0.1, 0.15) is 0 Å². The van der Waals surface area contributed by atoms with Gasteiger partial charge < -0.3 is 14.0 Å². The second kappa shape index (κ2) is 7.15. The van der Waals surface area contributed by atoms with Crippen LogP contribution < -0.4 is 9.47 Å². The minimum Gasteiger partial charge on any atom is -0.493 e. The van der Waals surface area contributed by atoms with Crippen LogP contribution in [0.4, 0.5) is 0 Å². The summed E-state index contributed by atoms with van der Waals surface area (Å²) in [5, 5.41) is 2.09. The standard InChI is InChI=1S/C18H18N2O2S/c1-21-16-6-5-14(11-17(16)22-2)12-19-13-18-15(7-10-23-18)20-8-3-4-9-20/h3-12H,13H2,1-2H3. The lowest BCUT2D eigenvalue weighted by molar-refractivity contribution is 0.355. The third kappa shape index (κ3) is 3.46. The zero-order valence-electron chi connectivity index (χ0n) is 13.1. The Bertz CT molecular complexity index is 791. The zero-order chi connectivity index (χ0) is 16.1. The third-order valence-electron chi connectivity index (χ3n) is 3.49. The maximum atomic E-state index is 5.31. The van der Waals surface area contributed by atoms with Crippen molar-refractivity contribution in [2.45, 2.75) is 6.54 Å². The first-order valence-corrected chi connectivity index (χ1v) is 8.11. The number of methoxy groups -OCH3 is 2. The smallest absolute Gasteiger partial charge is 0.161 e. The summed E-state index contributed by atoms with van der Waals surface area (Å²) < 4.78 is 12.7. The molecule has 0 aliphatic carbocycles. The lowest BCUT2D eigenvalue weighted by Crippen LogP contribution is -1.93. The predicted molar refractivity (Wildman–Crippen MR) is 94.5 cm³/mol. The van der Waals surface area contributed by atoms with Crippen molar-refractivity contribution in [3.05, 3.63) is 64.6 Å². The van der Waals surface area contributed by atoms with Crippen LogP contribution in [0.3, 0.4) is 0 Å². The van der Waals surface area contributed by atoms with Crippen molar-refractivity contribution in [3.8, 4) is 17.2 Å². The number of aliphatic imine (C=N–C) groups is 1. The van der Waals surface area contributed by atoms with E-state index in [1.165, 1.54) is 10.6 Å². The van der Waals surface area contributed by atoms with Gasteiger partial charge in [-0.05, 0) is 47.3 Å². The van der Waals surface area contributed by atoms with Gasteiger partial charge in [0.15, 0.2) is 11.5 Å². The topological polar surface area (TPSA) is 35.8 Å². The van der Waals surface area contributed by atoms with E-state index in [4.69, 9.17) is 9.47 Å². The van der Waals surface area contributed by atoms with Crippen LogP contribution in [-0.2, 0) is 6.54 Å². The Labute approximate surface area is 139 Å². The number of aromatic nitrogens is 1. The van der Waals surface area contributed by atoms with Gasteiger partial charge in [-0.15, -0.1) is 11.3 Å². The van der Waals surface area contributed by atoms with Crippen molar-refractivity contribution in [1.29, 1.82) is 0 Å². The van der Waals surface area contributed by atoms with Gasteiger partial charge in [-0.1, -0.05) is 0 Å². The van der Waals surface area contributed by atoms with E-state index in [9.17, 15) is 0 Å². The summed E-state index contributed by atoms with van der Waals surface area (Å²) in [5.74, 6) is 1.43. The summed E-state index contributed by atoms with van der Waals surface area (Å²) in [6.45, 7) is 0.652. The highest BCUT2D eigenvalue weighted by molar-refractivity contribution is 7.10. The van der Waals surface area contributed by atoms with Gasteiger partial charge in [-0.3, -0.25) is 4.99 Å². The molecule has 0 aliphatic heterocycles. The Morgan fingerprint density at radius 3 is 2.61 bits per heavy atom. The van der Waals surface area contributed by atoms with Gasteiger partial charge in [0.05, 0.1) is 26.5 Å². The first kappa shape index (κ1) is 15.4. The van der Waals surface area contributed by atoms with Crippen molar-refractivity contribution in [2.75, 3.05) is 14.2 Å². The van der Waals surface area contributed by atoms with E-state index in [-0.39, 0.29) is 0 Å². The van der Waals surface area contributed by atoms with Crippen LogP contribution in [0.2, 0.25) is 0 Å². The van der Waals surface area contributed by atoms with Gasteiger partial charge in [0, 0.05) is 23.5 Å². The number of thiophene rings is 1. The van der Waals surface area contributed by atoms with E-state index in [0.717, 1.165) is 11.3 Å².